The second-order valence-corrected chi connectivity index (χ2v) is 8.94. The van der Waals surface area contributed by atoms with Gasteiger partial charge in [0, 0.05) is 19.4 Å². The van der Waals surface area contributed by atoms with Crippen LogP contribution in [0.4, 0.5) is 5.69 Å². The third kappa shape index (κ3) is 3.62. The number of hydrogen-bond donors (Lipinski definition) is 1. The molecule has 166 valence electrons. The van der Waals surface area contributed by atoms with Crippen molar-refractivity contribution in [1.29, 1.82) is 0 Å². The molecule has 9 heteroatoms. The molecule has 0 aliphatic carbocycles. The third-order valence-corrected chi connectivity index (χ3v) is 6.50. The van der Waals surface area contributed by atoms with E-state index in [4.69, 9.17) is 4.74 Å². The van der Waals surface area contributed by atoms with Crippen LogP contribution in [0.15, 0.2) is 47.6 Å². The minimum Gasteiger partial charge on any atom is -0.492 e. The summed E-state index contributed by atoms with van der Waals surface area (Å²) >= 11 is 1.08. The van der Waals surface area contributed by atoms with Crippen molar-refractivity contribution in [2.45, 2.75) is 32.6 Å². The number of benzene rings is 2. The summed E-state index contributed by atoms with van der Waals surface area (Å²) in [6.45, 7) is 7.19. The Bertz CT molecular complexity index is 1130. The van der Waals surface area contributed by atoms with Gasteiger partial charge in [0.15, 0.2) is 5.17 Å². The van der Waals surface area contributed by atoms with Crippen molar-refractivity contribution in [3.8, 4) is 5.75 Å². The molecule has 0 saturated heterocycles. The number of nitrogens with zero attached hydrogens (tertiary/aromatic N) is 3. The summed E-state index contributed by atoms with van der Waals surface area (Å²) in [6, 6.07) is 13.3. The molecule has 0 bridgehead atoms. The number of amides is 3. The smallest absolute Gasteiger partial charge is 0.270 e. The number of amidine groups is 1. The Morgan fingerprint density at radius 3 is 2.53 bits per heavy atom. The molecule has 2 aromatic carbocycles. The second-order valence-electron chi connectivity index (χ2n) is 7.76. The molecule has 8 nitrogen and oxygen atoms in total. The second kappa shape index (κ2) is 8.31. The van der Waals surface area contributed by atoms with E-state index >= 15 is 0 Å². The first kappa shape index (κ1) is 21.9. The van der Waals surface area contributed by atoms with Crippen molar-refractivity contribution in [2.75, 3.05) is 18.1 Å². The summed E-state index contributed by atoms with van der Waals surface area (Å²) < 4.78 is 5.83. The van der Waals surface area contributed by atoms with Gasteiger partial charge < -0.3 is 15.0 Å². The molecule has 3 amide bonds. The van der Waals surface area contributed by atoms with E-state index in [2.05, 4.69) is 10.4 Å². The van der Waals surface area contributed by atoms with Crippen LogP contribution in [0.1, 0.15) is 30.5 Å². The molecule has 0 fully saturated rings. The van der Waals surface area contributed by atoms with Gasteiger partial charge in [0.25, 0.3) is 5.91 Å². The molecule has 1 atom stereocenters. The molecule has 32 heavy (non-hydrogen) atoms. The van der Waals surface area contributed by atoms with E-state index in [9.17, 15) is 14.4 Å². The zero-order valence-electron chi connectivity index (χ0n) is 18.3. The quantitative estimate of drug-likeness (QED) is 0.770. The Balaban J connectivity index is 1.72. The first-order valence-corrected chi connectivity index (χ1v) is 11.0. The predicted molar refractivity (Wildman–Crippen MR) is 123 cm³/mol. The van der Waals surface area contributed by atoms with Gasteiger partial charge in [-0.3, -0.25) is 14.4 Å². The van der Waals surface area contributed by atoms with Crippen molar-refractivity contribution in [1.82, 2.24) is 10.3 Å². The lowest BCUT2D eigenvalue weighted by Crippen LogP contribution is -2.49. The maximum atomic E-state index is 13.9. The molecular formula is C23H24N4O4S. The minimum absolute atomic E-state index is 0.216. The summed E-state index contributed by atoms with van der Waals surface area (Å²) in [4.78, 5) is 38.4. The van der Waals surface area contributed by atoms with E-state index in [0.29, 0.717) is 17.9 Å². The number of carbonyl (C=O) groups excluding carboxylic acids is 3. The topological polar surface area (TPSA) is 91.3 Å². The van der Waals surface area contributed by atoms with Crippen LogP contribution in [0.3, 0.4) is 0 Å². The number of ether oxygens (including phenoxy) is 1. The van der Waals surface area contributed by atoms with Crippen molar-refractivity contribution in [2.24, 2.45) is 5.10 Å². The van der Waals surface area contributed by atoms with Crippen LogP contribution in [0.25, 0.3) is 0 Å². The molecule has 1 N–H and O–H groups in total. The van der Waals surface area contributed by atoms with Gasteiger partial charge in [-0.05, 0) is 43.3 Å². The normalized spacial score (nSPS) is 19.2. The maximum absolute atomic E-state index is 13.9. The van der Waals surface area contributed by atoms with Gasteiger partial charge in [0.1, 0.15) is 12.4 Å². The van der Waals surface area contributed by atoms with Gasteiger partial charge in [-0.2, -0.15) is 5.01 Å². The van der Waals surface area contributed by atoms with E-state index in [-0.39, 0.29) is 23.6 Å². The number of hydrogen-bond acceptors (Lipinski definition) is 6. The number of fused-ring (bicyclic) bond motifs is 2. The van der Waals surface area contributed by atoms with E-state index < -0.39 is 10.8 Å². The lowest BCUT2D eigenvalue weighted by atomic mass is 10.0. The monoisotopic (exact) mass is 452 g/mol. The highest BCUT2D eigenvalue weighted by molar-refractivity contribution is 8.15. The molecule has 0 aromatic heterocycles. The number of anilines is 1. The minimum atomic E-state index is -1.40. The van der Waals surface area contributed by atoms with Crippen LogP contribution in [0.2, 0.25) is 0 Å². The molecule has 2 aliphatic rings. The Morgan fingerprint density at radius 1 is 1.16 bits per heavy atom. The van der Waals surface area contributed by atoms with E-state index in [1.807, 2.05) is 56.3 Å². The van der Waals surface area contributed by atoms with Crippen LogP contribution in [0.5, 0.6) is 5.75 Å². The molecule has 2 aliphatic heterocycles. The Morgan fingerprint density at radius 2 is 1.88 bits per heavy atom. The van der Waals surface area contributed by atoms with Crippen LogP contribution in [0, 0.1) is 13.8 Å². The fourth-order valence-corrected chi connectivity index (χ4v) is 5.44. The fourth-order valence-electron chi connectivity index (χ4n) is 4.12. The van der Waals surface area contributed by atoms with Crippen molar-refractivity contribution in [3.63, 3.8) is 0 Å². The average Bonchev–Trinajstić information content (AvgIpc) is 3.21. The summed E-state index contributed by atoms with van der Waals surface area (Å²) in [5, 5.41) is 8.31. The number of thioether (sulfide) groups is 1. The third-order valence-electron chi connectivity index (χ3n) is 5.26. The molecule has 0 radical (unpaired) electrons. The van der Waals surface area contributed by atoms with E-state index in [0.717, 1.165) is 28.6 Å². The first-order valence-electron chi connectivity index (χ1n) is 10.2. The fraction of sp³-hybridized carbons (Fsp3) is 0.304. The molecular weight excluding hydrogens is 428 g/mol. The molecule has 4 rings (SSSR count). The lowest BCUT2D eigenvalue weighted by Gasteiger charge is -2.29. The zero-order chi connectivity index (χ0) is 23.0. The van der Waals surface area contributed by atoms with Gasteiger partial charge in [-0.1, -0.05) is 35.9 Å². The summed E-state index contributed by atoms with van der Waals surface area (Å²) in [6.07, 6.45) is 0. The molecule has 2 heterocycles. The lowest BCUT2D eigenvalue weighted by molar-refractivity contribution is -0.139. The van der Waals surface area contributed by atoms with Crippen LogP contribution < -0.4 is 15.0 Å². The highest BCUT2D eigenvalue weighted by Gasteiger charge is 2.61. The van der Waals surface area contributed by atoms with Crippen LogP contribution >= 0.6 is 11.8 Å². The summed E-state index contributed by atoms with van der Waals surface area (Å²) in [5.74, 6) is -0.288. The maximum Gasteiger partial charge on any atom is 0.270 e. The van der Waals surface area contributed by atoms with Gasteiger partial charge in [0.05, 0.1) is 12.2 Å². The first-order chi connectivity index (χ1) is 15.2. The largest absolute Gasteiger partial charge is 0.492 e. The molecule has 2 aromatic rings. The SMILES string of the molecule is CC(=O)NC1=NN(C(C)=O)C2(S1)C(=O)N(CCOc1ccccc1)c1c(C)cc(C)cc12. The average molecular weight is 453 g/mol. The molecule has 1 unspecified atom stereocenters. The number of aryl methyl sites for hydroxylation is 2. The Hall–Kier alpha value is -3.33. The Labute approximate surface area is 190 Å². The van der Waals surface area contributed by atoms with Crippen LogP contribution in [-0.4, -0.2) is 41.0 Å². The van der Waals surface area contributed by atoms with E-state index in [1.54, 1.807) is 4.90 Å². The number of rotatable bonds is 4. The highest BCUT2D eigenvalue weighted by Crippen LogP contribution is 2.55. The Kier molecular flexibility index (Phi) is 5.68. The molecule has 0 saturated carbocycles. The van der Waals surface area contributed by atoms with Crippen molar-refractivity contribution >= 4 is 40.3 Å². The van der Waals surface area contributed by atoms with Gasteiger partial charge >= 0.3 is 0 Å². The van der Waals surface area contributed by atoms with Crippen molar-refractivity contribution < 1.29 is 19.1 Å². The van der Waals surface area contributed by atoms with Gasteiger partial charge in [0.2, 0.25) is 16.7 Å². The summed E-state index contributed by atoms with van der Waals surface area (Å²) in [7, 11) is 0. The zero-order valence-corrected chi connectivity index (χ0v) is 19.2. The highest BCUT2D eigenvalue weighted by atomic mass is 32.2. The van der Waals surface area contributed by atoms with Crippen LogP contribution in [-0.2, 0) is 19.3 Å². The van der Waals surface area contributed by atoms with Gasteiger partial charge in [-0.15, -0.1) is 5.10 Å². The van der Waals surface area contributed by atoms with E-state index in [1.165, 1.54) is 18.9 Å². The number of hydrazone groups is 1. The van der Waals surface area contributed by atoms with Crippen molar-refractivity contribution in [3.05, 3.63) is 59.2 Å². The standard InChI is InChI=1S/C23H24N4O4S/c1-14-12-15(2)20-19(13-14)23(27(17(4)29)25-22(32-23)24-16(3)28)21(30)26(20)10-11-31-18-8-6-5-7-9-18/h5-9,12-13H,10-11H2,1-4H3,(H,24,25,28). The predicted octanol–water partition coefficient (Wildman–Crippen LogP) is 2.88. The summed E-state index contributed by atoms with van der Waals surface area (Å²) in [5.41, 5.74) is 3.31. The molecule has 1 spiro atoms. The number of para-hydroxylation sites is 1. The van der Waals surface area contributed by atoms with Gasteiger partial charge in [-0.25, -0.2) is 0 Å². The number of nitrogens with one attached hydrogen (secondary N) is 1. The number of carbonyl (C=O) groups is 3.